The minimum Gasteiger partial charge on any atom is -0.0928 e. The number of thiocarbonyl (C=S) groups is 1. The molecule has 0 bridgehead atoms. The molecule has 0 radical (unpaired) electrons. The fraction of sp³-hybridized carbons (Fsp3) is 0.300. The van der Waals surface area contributed by atoms with Crippen molar-refractivity contribution < 1.29 is 0 Å². The van der Waals surface area contributed by atoms with Crippen LogP contribution in [-0.2, 0) is 0 Å². The first-order chi connectivity index (χ1) is 5.38. The number of hydrogen-bond donors (Lipinski definition) is 0. The lowest BCUT2D eigenvalue weighted by molar-refractivity contribution is 0.867. The second-order valence-electron chi connectivity index (χ2n) is 2.56. The Morgan fingerprint density at radius 1 is 1.36 bits per heavy atom. The third-order valence-corrected chi connectivity index (χ3v) is 2.16. The van der Waals surface area contributed by atoms with Crippen LogP contribution in [-0.4, -0.2) is 5.37 Å². The van der Waals surface area contributed by atoms with Gasteiger partial charge in [0.15, 0.2) is 0 Å². The Bertz CT molecular complexity index is 216. The van der Waals surface area contributed by atoms with Gasteiger partial charge in [-0.25, -0.2) is 0 Å². The normalized spacial score (nSPS) is 12.5. The van der Waals surface area contributed by atoms with Crippen LogP contribution in [0.4, 0.5) is 0 Å². The average molecular weight is 164 g/mol. The highest BCUT2D eigenvalue weighted by Gasteiger charge is 2.02. The van der Waals surface area contributed by atoms with E-state index in [1.165, 1.54) is 5.56 Å². The highest BCUT2D eigenvalue weighted by molar-refractivity contribution is 7.79. The monoisotopic (exact) mass is 164 g/mol. The third-order valence-electron chi connectivity index (χ3n) is 1.83. The van der Waals surface area contributed by atoms with Crippen molar-refractivity contribution in [1.29, 1.82) is 0 Å². The zero-order valence-corrected chi connectivity index (χ0v) is 7.47. The summed E-state index contributed by atoms with van der Waals surface area (Å²) in [6.45, 7) is 2.15. The molecule has 11 heavy (non-hydrogen) atoms. The molecular weight excluding hydrogens is 152 g/mol. The van der Waals surface area contributed by atoms with Crippen LogP contribution in [0.5, 0.6) is 0 Å². The predicted octanol–water partition coefficient (Wildman–Crippen LogP) is 3.18. The van der Waals surface area contributed by atoms with E-state index in [1.807, 2.05) is 11.4 Å². The van der Waals surface area contributed by atoms with Gasteiger partial charge >= 0.3 is 0 Å². The van der Waals surface area contributed by atoms with Gasteiger partial charge in [0, 0.05) is 5.92 Å². The van der Waals surface area contributed by atoms with Gasteiger partial charge in [0.25, 0.3) is 0 Å². The van der Waals surface area contributed by atoms with Crippen LogP contribution >= 0.6 is 12.2 Å². The van der Waals surface area contributed by atoms with Crippen LogP contribution < -0.4 is 0 Å². The van der Waals surface area contributed by atoms with Crippen molar-refractivity contribution >= 4 is 17.6 Å². The first-order valence-electron chi connectivity index (χ1n) is 3.88. The molecule has 1 unspecified atom stereocenters. The lowest BCUT2D eigenvalue weighted by Gasteiger charge is -2.07. The molecule has 1 atom stereocenters. The van der Waals surface area contributed by atoms with Gasteiger partial charge < -0.3 is 0 Å². The maximum absolute atomic E-state index is 4.93. The fourth-order valence-corrected chi connectivity index (χ4v) is 1.46. The molecule has 0 aliphatic rings. The second kappa shape index (κ2) is 4.24. The van der Waals surface area contributed by atoms with Crippen LogP contribution in [0.2, 0.25) is 0 Å². The Kier molecular flexibility index (Phi) is 3.24. The van der Waals surface area contributed by atoms with Crippen molar-refractivity contribution in [2.75, 3.05) is 0 Å². The smallest absolute Gasteiger partial charge is 0.0120 e. The van der Waals surface area contributed by atoms with Crippen LogP contribution in [0.25, 0.3) is 0 Å². The largest absolute Gasteiger partial charge is 0.0928 e. The highest BCUT2D eigenvalue weighted by Crippen LogP contribution is 2.16. The first-order valence-corrected chi connectivity index (χ1v) is 4.36. The van der Waals surface area contributed by atoms with Gasteiger partial charge in [0.05, 0.1) is 0 Å². The molecule has 0 heterocycles. The summed E-state index contributed by atoms with van der Waals surface area (Å²) in [7, 11) is 0. The molecule has 0 nitrogen and oxygen atoms in total. The molecule has 0 aliphatic carbocycles. The summed E-state index contributed by atoms with van der Waals surface area (Å²) in [6, 6.07) is 10.4. The minimum atomic E-state index is 0.450. The van der Waals surface area contributed by atoms with E-state index in [2.05, 4.69) is 31.2 Å². The second-order valence-corrected chi connectivity index (χ2v) is 2.83. The molecule has 0 amide bonds. The maximum Gasteiger partial charge on any atom is 0.0120 e. The summed E-state index contributed by atoms with van der Waals surface area (Å²) < 4.78 is 0. The van der Waals surface area contributed by atoms with Crippen molar-refractivity contribution in [2.24, 2.45) is 0 Å². The van der Waals surface area contributed by atoms with Crippen LogP contribution in [0.3, 0.4) is 0 Å². The Balaban J connectivity index is 2.82. The van der Waals surface area contributed by atoms with E-state index in [1.54, 1.807) is 0 Å². The summed E-state index contributed by atoms with van der Waals surface area (Å²) in [5.74, 6) is 0.450. The lowest BCUT2D eigenvalue weighted by Crippen LogP contribution is -1.95. The van der Waals surface area contributed by atoms with E-state index in [4.69, 9.17) is 12.2 Å². The molecule has 58 valence electrons. The van der Waals surface area contributed by atoms with Gasteiger partial charge in [-0.2, -0.15) is 0 Å². The minimum absolute atomic E-state index is 0.450. The van der Waals surface area contributed by atoms with E-state index < -0.39 is 0 Å². The summed E-state index contributed by atoms with van der Waals surface area (Å²) in [5, 5.41) is 1.84. The number of hydrogen-bond acceptors (Lipinski definition) is 1. The van der Waals surface area contributed by atoms with E-state index in [0.717, 1.165) is 6.42 Å². The average Bonchev–Trinajstić information content (AvgIpc) is 2.09. The molecule has 0 saturated heterocycles. The predicted molar refractivity (Wildman–Crippen MR) is 53.1 cm³/mol. The lowest BCUT2D eigenvalue weighted by atomic mass is 9.99. The fourth-order valence-electron chi connectivity index (χ4n) is 1.11. The van der Waals surface area contributed by atoms with E-state index in [-0.39, 0.29) is 0 Å². The molecule has 0 aromatic heterocycles. The van der Waals surface area contributed by atoms with Gasteiger partial charge in [-0.05, 0) is 17.4 Å². The summed E-state index contributed by atoms with van der Waals surface area (Å²) in [5.41, 5.74) is 1.32. The highest BCUT2D eigenvalue weighted by atomic mass is 32.1. The molecule has 0 fully saturated rings. The summed E-state index contributed by atoms with van der Waals surface area (Å²) >= 11 is 4.93. The maximum atomic E-state index is 4.93. The number of benzene rings is 1. The Hall–Kier alpha value is -0.690. The molecule has 1 aromatic carbocycles. The SMILES string of the molecule is CCC(C=S)c1ccccc1. The Morgan fingerprint density at radius 2 is 2.00 bits per heavy atom. The van der Waals surface area contributed by atoms with E-state index >= 15 is 0 Å². The summed E-state index contributed by atoms with van der Waals surface area (Å²) in [4.78, 5) is 0. The van der Waals surface area contributed by atoms with Crippen LogP contribution in [0.1, 0.15) is 24.8 Å². The van der Waals surface area contributed by atoms with E-state index in [9.17, 15) is 0 Å². The molecule has 0 aliphatic heterocycles. The third kappa shape index (κ3) is 2.12. The topological polar surface area (TPSA) is 0 Å². The molecule has 0 saturated carbocycles. The standard InChI is InChI=1S/C10H12S/c1-2-9(8-11)10-6-4-3-5-7-10/h3-9H,2H2,1H3. The Morgan fingerprint density at radius 3 is 2.45 bits per heavy atom. The molecule has 0 spiro atoms. The van der Waals surface area contributed by atoms with Gasteiger partial charge in [0.1, 0.15) is 0 Å². The Labute approximate surface area is 73.2 Å². The van der Waals surface area contributed by atoms with Gasteiger partial charge in [0.2, 0.25) is 0 Å². The molecular formula is C10H12S. The zero-order valence-electron chi connectivity index (χ0n) is 6.66. The van der Waals surface area contributed by atoms with Gasteiger partial charge in [-0.1, -0.05) is 49.5 Å². The first kappa shape index (κ1) is 8.41. The van der Waals surface area contributed by atoms with E-state index in [0.29, 0.717) is 5.92 Å². The quantitative estimate of drug-likeness (QED) is 0.618. The van der Waals surface area contributed by atoms with Crippen molar-refractivity contribution in [1.82, 2.24) is 0 Å². The van der Waals surface area contributed by atoms with Crippen LogP contribution in [0, 0.1) is 0 Å². The molecule has 0 N–H and O–H groups in total. The number of rotatable bonds is 3. The molecule has 1 aromatic rings. The van der Waals surface area contributed by atoms with Gasteiger partial charge in [-0.15, -0.1) is 0 Å². The van der Waals surface area contributed by atoms with Crippen molar-refractivity contribution in [2.45, 2.75) is 19.3 Å². The summed E-state index contributed by atoms with van der Waals surface area (Å²) in [6.07, 6.45) is 1.09. The van der Waals surface area contributed by atoms with Crippen molar-refractivity contribution in [3.63, 3.8) is 0 Å². The van der Waals surface area contributed by atoms with Crippen molar-refractivity contribution in [3.05, 3.63) is 35.9 Å². The van der Waals surface area contributed by atoms with Crippen LogP contribution in [0.15, 0.2) is 30.3 Å². The van der Waals surface area contributed by atoms with Crippen molar-refractivity contribution in [3.8, 4) is 0 Å². The van der Waals surface area contributed by atoms with Gasteiger partial charge in [-0.3, -0.25) is 0 Å². The molecule has 1 heteroatoms. The molecule has 1 rings (SSSR count). The zero-order chi connectivity index (χ0) is 8.10.